The van der Waals surface area contributed by atoms with E-state index in [1.807, 2.05) is 0 Å². The van der Waals surface area contributed by atoms with Crippen LogP contribution in [0.5, 0.6) is 0 Å². The lowest BCUT2D eigenvalue weighted by Gasteiger charge is -2.30. The number of rotatable bonds is 6. The SMILES string of the molecule is CCC[C@@H](CN1CCOCC1)NC=O. The molecule has 1 heterocycles. The molecule has 0 saturated carbocycles. The third-order valence-electron chi connectivity index (χ3n) is 2.52. The third-order valence-corrected chi connectivity index (χ3v) is 2.52. The average molecular weight is 200 g/mol. The zero-order valence-corrected chi connectivity index (χ0v) is 8.87. The van der Waals surface area contributed by atoms with Crippen LogP contribution < -0.4 is 5.32 Å². The van der Waals surface area contributed by atoms with E-state index in [-0.39, 0.29) is 0 Å². The molecule has 0 radical (unpaired) electrons. The van der Waals surface area contributed by atoms with Crippen LogP contribution >= 0.6 is 0 Å². The predicted octanol–water partition coefficient (Wildman–Crippen LogP) is 0.233. The van der Waals surface area contributed by atoms with Gasteiger partial charge < -0.3 is 10.1 Å². The highest BCUT2D eigenvalue weighted by molar-refractivity contribution is 5.46. The number of amides is 1. The van der Waals surface area contributed by atoms with Crippen molar-refractivity contribution in [2.45, 2.75) is 25.8 Å². The smallest absolute Gasteiger partial charge is 0.207 e. The summed E-state index contributed by atoms with van der Waals surface area (Å²) in [7, 11) is 0. The monoisotopic (exact) mass is 200 g/mol. The number of nitrogens with one attached hydrogen (secondary N) is 1. The quantitative estimate of drug-likeness (QED) is 0.624. The van der Waals surface area contributed by atoms with Gasteiger partial charge in [0.15, 0.2) is 0 Å². The van der Waals surface area contributed by atoms with Gasteiger partial charge in [-0.3, -0.25) is 9.69 Å². The molecule has 0 aromatic carbocycles. The van der Waals surface area contributed by atoms with Crippen LogP contribution in [0.25, 0.3) is 0 Å². The number of hydrogen-bond acceptors (Lipinski definition) is 3. The van der Waals surface area contributed by atoms with Crippen molar-refractivity contribution in [3.8, 4) is 0 Å². The Morgan fingerprint density at radius 3 is 2.79 bits per heavy atom. The van der Waals surface area contributed by atoms with E-state index in [4.69, 9.17) is 4.74 Å². The number of nitrogens with zero attached hydrogens (tertiary/aromatic N) is 1. The van der Waals surface area contributed by atoms with Crippen LogP contribution in [-0.2, 0) is 9.53 Å². The summed E-state index contributed by atoms with van der Waals surface area (Å²) in [6, 6.07) is 0.301. The van der Waals surface area contributed by atoms with Gasteiger partial charge in [0.2, 0.25) is 6.41 Å². The van der Waals surface area contributed by atoms with Gasteiger partial charge in [-0.1, -0.05) is 13.3 Å². The lowest BCUT2D eigenvalue weighted by Crippen LogP contribution is -2.45. The van der Waals surface area contributed by atoms with Gasteiger partial charge in [-0.2, -0.15) is 0 Å². The summed E-state index contributed by atoms with van der Waals surface area (Å²) in [6.07, 6.45) is 2.96. The first-order valence-electron chi connectivity index (χ1n) is 5.36. The summed E-state index contributed by atoms with van der Waals surface area (Å²) >= 11 is 0. The molecular formula is C10H20N2O2. The Hall–Kier alpha value is -0.610. The van der Waals surface area contributed by atoms with Crippen molar-refractivity contribution in [3.63, 3.8) is 0 Å². The van der Waals surface area contributed by atoms with Crippen molar-refractivity contribution in [1.82, 2.24) is 10.2 Å². The maximum absolute atomic E-state index is 10.4. The van der Waals surface area contributed by atoms with Crippen LogP contribution in [0, 0.1) is 0 Å². The molecule has 14 heavy (non-hydrogen) atoms. The van der Waals surface area contributed by atoms with Crippen molar-refractivity contribution < 1.29 is 9.53 Å². The van der Waals surface area contributed by atoms with Gasteiger partial charge in [0.05, 0.1) is 13.2 Å². The Morgan fingerprint density at radius 2 is 2.21 bits per heavy atom. The van der Waals surface area contributed by atoms with E-state index in [9.17, 15) is 4.79 Å². The fourth-order valence-electron chi connectivity index (χ4n) is 1.77. The molecule has 1 rings (SSSR count). The van der Waals surface area contributed by atoms with Gasteiger partial charge in [0.25, 0.3) is 0 Å². The Balaban J connectivity index is 2.25. The number of carbonyl (C=O) groups is 1. The van der Waals surface area contributed by atoms with Gasteiger partial charge in [-0.05, 0) is 6.42 Å². The normalized spacial score (nSPS) is 20.4. The average Bonchev–Trinajstić information content (AvgIpc) is 2.20. The molecule has 82 valence electrons. The minimum absolute atomic E-state index is 0.301. The van der Waals surface area contributed by atoms with Crippen LogP contribution in [0.4, 0.5) is 0 Å². The molecule has 1 N–H and O–H groups in total. The van der Waals surface area contributed by atoms with E-state index in [0.717, 1.165) is 52.1 Å². The summed E-state index contributed by atoms with van der Waals surface area (Å²) in [5.74, 6) is 0. The van der Waals surface area contributed by atoms with Gasteiger partial charge in [0.1, 0.15) is 0 Å². The first-order chi connectivity index (χ1) is 6.86. The second-order valence-corrected chi connectivity index (χ2v) is 3.68. The molecule has 1 fully saturated rings. The van der Waals surface area contributed by atoms with Crippen molar-refractivity contribution in [1.29, 1.82) is 0 Å². The molecule has 0 unspecified atom stereocenters. The summed E-state index contributed by atoms with van der Waals surface area (Å²) in [5.41, 5.74) is 0. The highest BCUT2D eigenvalue weighted by atomic mass is 16.5. The van der Waals surface area contributed by atoms with Crippen LogP contribution in [0.2, 0.25) is 0 Å². The molecule has 0 aromatic rings. The fraction of sp³-hybridized carbons (Fsp3) is 0.900. The molecule has 4 heteroatoms. The fourth-order valence-corrected chi connectivity index (χ4v) is 1.77. The predicted molar refractivity (Wildman–Crippen MR) is 55.2 cm³/mol. The van der Waals surface area contributed by atoms with E-state index in [2.05, 4.69) is 17.1 Å². The van der Waals surface area contributed by atoms with Gasteiger partial charge in [-0.15, -0.1) is 0 Å². The van der Waals surface area contributed by atoms with E-state index in [1.165, 1.54) is 0 Å². The first kappa shape index (κ1) is 11.5. The molecule has 1 aliphatic rings. The van der Waals surface area contributed by atoms with Crippen molar-refractivity contribution in [3.05, 3.63) is 0 Å². The number of hydrogen-bond donors (Lipinski definition) is 1. The largest absolute Gasteiger partial charge is 0.379 e. The first-order valence-corrected chi connectivity index (χ1v) is 5.36. The number of morpholine rings is 1. The van der Waals surface area contributed by atoms with E-state index >= 15 is 0 Å². The molecule has 0 bridgehead atoms. The lowest BCUT2D eigenvalue weighted by atomic mass is 10.1. The molecule has 1 atom stereocenters. The summed E-state index contributed by atoms with van der Waals surface area (Å²) in [4.78, 5) is 12.7. The molecular weight excluding hydrogens is 180 g/mol. The highest BCUT2D eigenvalue weighted by Gasteiger charge is 2.15. The highest BCUT2D eigenvalue weighted by Crippen LogP contribution is 2.02. The minimum Gasteiger partial charge on any atom is -0.379 e. The second kappa shape index (κ2) is 6.79. The molecule has 0 spiro atoms. The summed E-state index contributed by atoms with van der Waals surface area (Å²) in [5, 5.41) is 2.87. The van der Waals surface area contributed by atoms with E-state index in [1.54, 1.807) is 0 Å². The Kier molecular flexibility index (Phi) is 5.56. The Labute approximate surface area is 85.6 Å². The minimum atomic E-state index is 0.301. The molecule has 1 aliphatic heterocycles. The zero-order chi connectivity index (χ0) is 10.2. The van der Waals surface area contributed by atoms with Crippen LogP contribution in [0.3, 0.4) is 0 Å². The van der Waals surface area contributed by atoms with E-state index < -0.39 is 0 Å². The third kappa shape index (κ3) is 4.07. The van der Waals surface area contributed by atoms with Gasteiger partial charge in [0, 0.05) is 25.7 Å². The summed E-state index contributed by atoms with van der Waals surface area (Å²) in [6.45, 7) is 6.70. The Morgan fingerprint density at radius 1 is 1.50 bits per heavy atom. The molecule has 1 amide bonds. The molecule has 4 nitrogen and oxygen atoms in total. The number of carbonyl (C=O) groups excluding carboxylic acids is 1. The molecule has 1 saturated heterocycles. The van der Waals surface area contributed by atoms with Gasteiger partial charge >= 0.3 is 0 Å². The van der Waals surface area contributed by atoms with E-state index in [0.29, 0.717) is 6.04 Å². The van der Waals surface area contributed by atoms with Gasteiger partial charge in [-0.25, -0.2) is 0 Å². The van der Waals surface area contributed by atoms with Crippen molar-refractivity contribution in [2.75, 3.05) is 32.8 Å². The lowest BCUT2D eigenvalue weighted by molar-refractivity contribution is -0.110. The van der Waals surface area contributed by atoms with Crippen LogP contribution in [0.1, 0.15) is 19.8 Å². The molecule has 0 aliphatic carbocycles. The maximum Gasteiger partial charge on any atom is 0.207 e. The Bertz CT molecular complexity index is 158. The van der Waals surface area contributed by atoms with Crippen LogP contribution in [-0.4, -0.2) is 50.2 Å². The zero-order valence-electron chi connectivity index (χ0n) is 8.87. The summed E-state index contributed by atoms with van der Waals surface area (Å²) < 4.78 is 5.27. The topological polar surface area (TPSA) is 41.6 Å². The number of ether oxygens (including phenoxy) is 1. The molecule has 0 aromatic heterocycles. The van der Waals surface area contributed by atoms with Crippen molar-refractivity contribution in [2.24, 2.45) is 0 Å². The standard InChI is InChI=1S/C10H20N2O2/c1-2-3-10(11-9-13)8-12-4-6-14-7-5-12/h9-10H,2-8H2,1H3,(H,11,13)/t10-/m0/s1. The van der Waals surface area contributed by atoms with Crippen LogP contribution in [0.15, 0.2) is 0 Å². The van der Waals surface area contributed by atoms with Crippen molar-refractivity contribution >= 4 is 6.41 Å². The maximum atomic E-state index is 10.4. The second-order valence-electron chi connectivity index (χ2n) is 3.68.